The predicted molar refractivity (Wildman–Crippen MR) is 75.7 cm³/mol. The second-order valence-corrected chi connectivity index (χ2v) is 4.86. The number of likely N-dealkylation sites (N-methyl/N-ethyl adjacent to an activating group) is 1. The van der Waals surface area contributed by atoms with E-state index in [0.29, 0.717) is 17.9 Å². The Kier molecular flexibility index (Phi) is 4.61. The average molecular weight is 276 g/mol. The van der Waals surface area contributed by atoms with Gasteiger partial charge in [-0.2, -0.15) is 0 Å². The van der Waals surface area contributed by atoms with Crippen molar-refractivity contribution in [3.63, 3.8) is 0 Å². The van der Waals surface area contributed by atoms with Gasteiger partial charge < -0.3 is 15.0 Å². The number of ether oxygens (including phenoxy) is 1. The number of methoxy groups -OCH3 is 1. The molecule has 0 aromatic heterocycles. The van der Waals surface area contributed by atoms with Crippen LogP contribution in [0.5, 0.6) is 5.75 Å². The fourth-order valence-corrected chi connectivity index (χ4v) is 2.54. The van der Waals surface area contributed by atoms with Crippen molar-refractivity contribution in [1.29, 1.82) is 0 Å². The van der Waals surface area contributed by atoms with Crippen LogP contribution in [0.25, 0.3) is 0 Å². The van der Waals surface area contributed by atoms with Crippen LogP contribution >= 0.6 is 0 Å². The summed E-state index contributed by atoms with van der Waals surface area (Å²) in [5.41, 5.74) is 0.556. The van der Waals surface area contributed by atoms with E-state index in [1.54, 1.807) is 43.3 Å². The van der Waals surface area contributed by atoms with Gasteiger partial charge in [-0.05, 0) is 37.5 Å². The topological polar surface area (TPSA) is 58.6 Å². The molecule has 0 unspecified atom stereocenters. The number of rotatable bonds is 3. The quantitative estimate of drug-likeness (QED) is 0.908. The highest BCUT2D eigenvalue weighted by atomic mass is 16.5. The summed E-state index contributed by atoms with van der Waals surface area (Å²) in [5, 5.41) is 2.64. The zero-order chi connectivity index (χ0) is 14.5. The smallest absolute Gasteiger partial charge is 0.254 e. The van der Waals surface area contributed by atoms with E-state index in [2.05, 4.69) is 5.32 Å². The van der Waals surface area contributed by atoms with E-state index in [1.807, 2.05) is 0 Å². The number of hydrogen-bond donors (Lipinski definition) is 1. The second kappa shape index (κ2) is 6.41. The molecule has 1 heterocycles. The highest BCUT2D eigenvalue weighted by Gasteiger charge is 2.32. The van der Waals surface area contributed by atoms with Crippen molar-refractivity contribution in [2.45, 2.75) is 25.3 Å². The maximum atomic E-state index is 12.6. The number of nitrogens with one attached hydrogen (secondary N) is 1. The first-order chi connectivity index (χ1) is 9.67. The third-order valence-electron chi connectivity index (χ3n) is 3.63. The Hall–Kier alpha value is -2.04. The standard InChI is InChI=1S/C15H20N2O3/c1-16-14(18)13-8-3-4-9-17(13)15(19)11-6-5-7-12(10-11)20-2/h5-7,10,13H,3-4,8-9H2,1-2H3,(H,16,18)/t13-/m1/s1. The Labute approximate surface area is 118 Å². The zero-order valence-electron chi connectivity index (χ0n) is 11.9. The minimum Gasteiger partial charge on any atom is -0.497 e. The van der Waals surface area contributed by atoms with Crippen LogP contribution in [-0.2, 0) is 4.79 Å². The van der Waals surface area contributed by atoms with Crippen LogP contribution in [0, 0.1) is 0 Å². The summed E-state index contributed by atoms with van der Waals surface area (Å²) in [5.74, 6) is 0.433. The molecule has 0 aliphatic carbocycles. The molecule has 0 spiro atoms. The number of carbonyl (C=O) groups is 2. The maximum absolute atomic E-state index is 12.6. The summed E-state index contributed by atoms with van der Waals surface area (Å²) in [7, 11) is 3.17. The van der Waals surface area contributed by atoms with Gasteiger partial charge in [0.05, 0.1) is 7.11 Å². The summed E-state index contributed by atoms with van der Waals surface area (Å²) in [6.07, 6.45) is 2.62. The molecular weight excluding hydrogens is 256 g/mol. The van der Waals surface area contributed by atoms with Crippen LogP contribution in [0.2, 0.25) is 0 Å². The molecule has 0 radical (unpaired) electrons. The highest BCUT2D eigenvalue weighted by molar-refractivity contribution is 5.98. The molecule has 1 aliphatic rings. The number of carbonyl (C=O) groups excluding carboxylic acids is 2. The van der Waals surface area contributed by atoms with Gasteiger partial charge in [0, 0.05) is 19.2 Å². The van der Waals surface area contributed by atoms with Crippen molar-refractivity contribution in [3.8, 4) is 5.75 Å². The largest absolute Gasteiger partial charge is 0.497 e. The number of hydrogen-bond acceptors (Lipinski definition) is 3. The van der Waals surface area contributed by atoms with E-state index in [-0.39, 0.29) is 17.9 Å². The molecule has 1 aromatic rings. The molecule has 5 nitrogen and oxygen atoms in total. The van der Waals surface area contributed by atoms with Gasteiger partial charge in [0.2, 0.25) is 5.91 Å². The summed E-state index contributed by atoms with van der Waals surface area (Å²) < 4.78 is 5.14. The summed E-state index contributed by atoms with van der Waals surface area (Å²) in [6.45, 7) is 0.619. The molecule has 1 aliphatic heterocycles. The molecule has 1 atom stereocenters. The monoisotopic (exact) mass is 276 g/mol. The van der Waals surface area contributed by atoms with Crippen molar-refractivity contribution in [1.82, 2.24) is 10.2 Å². The molecule has 1 saturated heterocycles. The first-order valence-electron chi connectivity index (χ1n) is 6.84. The van der Waals surface area contributed by atoms with Crippen molar-refractivity contribution >= 4 is 11.8 Å². The summed E-state index contributed by atoms with van der Waals surface area (Å²) in [6, 6.07) is 6.67. The SMILES string of the molecule is CNC(=O)[C@H]1CCCCN1C(=O)c1cccc(OC)c1. The van der Waals surface area contributed by atoms with E-state index in [9.17, 15) is 9.59 Å². The molecule has 1 fully saturated rings. The van der Waals surface area contributed by atoms with Gasteiger partial charge in [-0.3, -0.25) is 9.59 Å². The van der Waals surface area contributed by atoms with Crippen LogP contribution < -0.4 is 10.1 Å². The summed E-state index contributed by atoms with van der Waals surface area (Å²) in [4.78, 5) is 26.2. The van der Waals surface area contributed by atoms with E-state index in [1.165, 1.54) is 0 Å². The fraction of sp³-hybridized carbons (Fsp3) is 0.467. The average Bonchev–Trinajstić information content (AvgIpc) is 2.53. The lowest BCUT2D eigenvalue weighted by Gasteiger charge is -2.34. The first-order valence-corrected chi connectivity index (χ1v) is 6.84. The Morgan fingerprint density at radius 3 is 2.85 bits per heavy atom. The minimum atomic E-state index is -0.368. The minimum absolute atomic E-state index is 0.0963. The molecule has 20 heavy (non-hydrogen) atoms. The van der Waals surface area contributed by atoms with Crippen molar-refractivity contribution in [2.75, 3.05) is 20.7 Å². The maximum Gasteiger partial charge on any atom is 0.254 e. The molecule has 1 N–H and O–H groups in total. The van der Waals surface area contributed by atoms with Gasteiger partial charge in [0.15, 0.2) is 0 Å². The highest BCUT2D eigenvalue weighted by Crippen LogP contribution is 2.21. The lowest BCUT2D eigenvalue weighted by atomic mass is 10.00. The Bertz CT molecular complexity index is 502. The Balaban J connectivity index is 2.22. The lowest BCUT2D eigenvalue weighted by molar-refractivity contribution is -0.126. The Morgan fingerprint density at radius 1 is 1.35 bits per heavy atom. The molecule has 5 heteroatoms. The van der Waals surface area contributed by atoms with E-state index in [0.717, 1.165) is 19.3 Å². The van der Waals surface area contributed by atoms with E-state index in [4.69, 9.17) is 4.74 Å². The third-order valence-corrected chi connectivity index (χ3v) is 3.63. The van der Waals surface area contributed by atoms with Crippen LogP contribution in [0.3, 0.4) is 0 Å². The van der Waals surface area contributed by atoms with Gasteiger partial charge in [0.25, 0.3) is 5.91 Å². The number of likely N-dealkylation sites (tertiary alicyclic amines) is 1. The number of amides is 2. The summed E-state index contributed by atoms with van der Waals surface area (Å²) >= 11 is 0. The number of piperidine rings is 1. The van der Waals surface area contributed by atoms with Crippen LogP contribution in [0.4, 0.5) is 0 Å². The van der Waals surface area contributed by atoms with Gasteiger partial charge in [0.1, 0.15) is 11.8 Å². The van der Waals surface area contributed by atoms with Crippen LogP contribution in [0.1, 0.15) is 29.6 Å². The number of benzene rings is 1. The molecule has 0 saturated carbocycles. The molecule has 1 aromatic carbocycles. The van der Waals surface area contributed by atoms with E-state index >= 15 is 0 Å². The van der Waals surface area contributed by atoms with Gasteiger partial charge >= 0.3 is 0 Å². The van der Waals surface area contributed by atoms with Crippen molar-refractivity contribution in [3.05, 3.63) is 29.8 Å². The predicted octanol–water partition coefficient (Wildman–Crippen LogP) is 1.44. The molecule has 2 rings (SSSR count). The van der Waals surface area contributed by atoms with Crippen LogP contribution in [0.15, 0.2) is 24.3 Å². The van der Waals surface area contributed by atoms with Crippen molar-refractivity contribution < 1.29 is 14.3 Å². The fourth-order valence-electron chi connectivity index (χ4n) is 2.54. The zero-order valence-corrected chi connectivity index (χ0v) is 11.9. The van der Waals surface area contributed by atoms with Gasteiger partial charge in [-0.1, -0.05) is 6.07 Å². The molecule has 0 bridgehead atoms. The Morgan fingerprint density at radius 2 is 2.15 bits per heavy atom. The normalized spacial score (nSPS) is 18.5. The van der Waals surface area contributed by atoms with Gasteiger partial charge in [-0.25, -0.2) is 0 Å². The van der Waals surface area contributed by atoms with Gasteiger partial charge in [-0.15, -0.1) is 0 Å². The van der Waals surface area contributed by atoms with Crippen LogP contribution in [-0.4, -0.2) is 43.5 Å². The molecule has 2 amide bonds. The van der Waals surface area contributed by atoms with E-state index < -0.39 is 0 Å². The second-order valence-electron chi connectivity index (χ2n) is 4.86. The van der Waals surface area contributed by atoms with Crippen molar-refractivity contribution in [2.24, 2.45) is 0 Å². The lowest BCUT2D eigenvalue weighted by Crippen LogP contribution is -2.51. The molecular formula is C15H20N2O3. The third kappa shape index (κ3) is 2.92. The first kappa shape index (κ1) is 14.4. The molecule has 108 valence electrons. The number of nitrogens with zero attached hydrogens (tertiary/aromatic N) is 1.